The maximum absolute atomic E-state index is 6.17. The summed E-state index contributed by atoms with van der Waals surface area (Å²) in [7, 11) is 2.31. The van der Waals surface area contributed by atoms with Crippen LogP contribution in [0.1, 0.15) is 52.9 Å². The number of nitrogens with zero attached hydrogens (tertiary/aromatic N) is 1. The number of nitrogens with two attached hydrogens (primary N) is 1. The van der Waals surface area contributed by atoms with E-state index in [1.165, 1.54) is 38.6 Å². The maximum atomic E-state index is 6.17. The van der Waals surface area contributed by atoms with E-state index < -0.39 is 0 Å². The minimum absolute atomic E-state index is 0.276. The van der Waals surface area contributed by atoms with Crippen molar-refractivity contribution >= 4 is 0 Å². The Morgan fingerprint density at radius 2 is 1.88 bits per heavy atom. The van der Waals surface area contributed by atoms with Gasteiger partial charge >= 0.3 is 0 Å². The highest BCUT2D eigenvalue weighted by molar-refractivity contribution is 5.02. The van der Waals surface area contributed by atoms with Gasteiger partial charge in [0.1, 0.15) is 0 Å². The van der Waals surface area contributed by atoms with Crippen LogP contribution in [0, 0.1) is 17.3 Å². The van der Waals surface area contributed by atoms with E-state index in [1.54, 1.807) is 0 Å². The lowest BCUT2D eigenvalue weighted by atomic mass is 9.63. The molecule has 0 aromatic rings. The first kappa shape index (κ1) is 13.4. The van der Waals surface area contributed by atoms with Crippen molar-refractivity contribution in [1.29, 1.82) is 0 Å². The quantitative estimate of drug-likeness (QED) is 0.816. The first-order valence-electron chi connectivity index (χ1n) is 7.31. The molecule has 2 nitrogen and oxygen atoms in total. The van der Waals surface area contributed by atoms with Gasteiger partial charge in [-0.15, -0.1) is 0 Å². The molecule has 0 spiro atoms. The van der Waals surface area contributed by atoms with E-state index in [9.17, 15) is 0 Å². The molecule has 0 bridgehead atoms. The zero-order chi connectivity index (χ0) is 12.7. The second kappa shape index (κ2) is 4.55. The molecule has 0 radical (unpaired) electrons. The van der Waals surface area contributed by atoms with E-state index in [1.807, 2.05) is 0 Å². The average Bonchev–Trinajstić information content (AvgIpc) is 3.01. The van der Waals surface area contributed by atoms with E-state index in [0.29, 0.717) is 5.41 Å². The standard InChI is InChI=1S/C15H30N2/c1-12-9-14(2,3)7-8-15(12,11-16)17(4)10-13-5-6-13/h12-13H,5-11,16H2,1-4H3. The van der Waals surface area contributed by atoms with Crippen molar-refractivity contribution in [2.75, 3.05) is 20.1 Å². The van der Waals surface area contributed by atoms with Gasteiger partial charge in [-0.05, 0) is 56.4 Å². The molecule has 0 saturated heterocycles. The van der Waals surface area contributed by atoms with Gasteiger partial charge in [0.15, 0.2) is 0 Å². The van der Waals surface area contributed by atoms with Crippen molar-refractivity contribution in [3.05, 3.63) is 0 Å². The Kier molecular flexibility index (Phi) is 3.57. The summed E-state index contributed by atoms with van der Waals surface area (Å²) in [6, 6.07) is 0. The van der Waals surface area contributed by atoms with E-state index in [-0.39, 0.29) is 5.54 Å². The lowest BCUT2D eigenvalue weighted by Gasteiger charge is -2.53. The van der Waals surface area contributed by atoms with Gasteiger partial charge in [-0.1, -0.05) is 20.8 Å². The Morgan fingerprint density at radius 1 is 1.24 bits per heavy atom. The van der Waals surface area contributed by atoms with Crippen LogP contribution in [0.15, 0.2) is 0 Å². The fourth-order valence-electron chi connectivity index (χ4n) is 3.82. The summed E-state index contributed by atoms with van der Waals surface area (Å²) in [5, 5.41) is 0. The maximum Gasteiger partial charge on any atom is 0.0354 e. The Hall–Kier alpha value is -0.0800. The summed E-state index contributed by atoms with van der Waals surface area (Å²) < 4.78 is 0. The molecule has 0 aromatic carbocycles. The molecule has 2 heteroatoms. The largest absolute Gasteiger partial charge is 0.329 e. The summed E-state index contributed by atoms with van der Waals surface area (Å²) in [6.45, 7) is 9.32. The van der Waals surface area contributed by atoms with Gasteiger partial charge in [0.25, 0.3) is 0 Å². The molecule has 0 heterocycles. The molecular formula is C15H30N2. The van der Waals surface area contributed by atoms with Crippen LogP contribution >= 0.6 is 0 Å². The zero-order valence-corrected chi connectivity index (χ0v) is 12.1. The van der Waals surface area contributed by atoms with Crippen LogP contribution in [-0.4, -0.2) is 30.6 Å². The molecule has 2 saturated carbocycles. The van der Waals surface area contributed by atoms with Crippen molar-refractivity contribution in [2.45, 2.75) is 58.4 Å². The lowest BCUT2D eigenvalue weighted by molar-refractivity contribution is -0.00936. The molecule has 2 rings (SSSR count). The van der Waals surface area contributed by atoms with E-state index in [2.05, 4.69) is 32.7 Å². The molecule has 17 heavy (non-hydrogen) atoms. The average molecular weight is 238 g/mol. The molecule has 2 atom stereocenters. The number of hydrogen-bond donors (Lipinski definition) is 1. The Bertz CT molecular complexity index is 264. The van der Waals surface area contributed by atoms with Gasteiger partial charge in [0.2, 0.25) is 0 Å². The van der Waals surface area contributed by atoms with E-state index in [0.717, 1.165) is 18.4 Å². The number of likely N-dealkylation sites (N-methyl/N-ethyl adjacent to an activating group) is 1. The van der Waals surface area contributed by atoms with Crippen LogP contribution in [0.2, 0.25) is 0 Å². The summed E-state index contributed by atoms with van der Waals surface area (Å²) >= 11 is 0. The molecule has 2 unspecified atom stereocenters. The van der Waals surface area contributed by atoms with Crippen LogP contribution in [0.3, 0.4) is 0 Å². The van der Waals surface area contributed by atoms with Gasteiger partial charge in [-0.25, -0.2) is 0 Å². The molecule has 0 amide bonds. The molecule has 100 valence electrons. The van der Waals surface area contributed by atoms with Gasteiger partial charge < -0.3 is 5.73 Å². The summed E-state index contributed by atoms with van der Waals surface area (Å²) in [6.07, 6.45) is 6.79. The van der Waals surface area contributed by atoms with Gasteiger partial charge in [0, 0.05) is 18.6 Å². The van der Waals surface area contributed by atoms with Crippen LogP contribution in [0.4, 0.5) is 0 Å². The zero-order valence-electron chi connectivity index (χ0n) is 12.1. The number of hydrogen-bond acceptors (Lipinski definition) is 2. The predicted octanol–water partition coefficient (Wildman–Crippen LogP) is 2.87. The van der Waals surface area contributed by atoms with E-state index in [4.69, 9.17) is 5.73 Å². The summed E-state index contributed by atoms with van der Waals surface area (Å²) in [5.41, 5.74) is 6.96. The van der Waals surface area contributed by atoms with Crippen LogP contribution in [0.25, 0.3) is 0 Å². The van der Waals surface area contributed by atoms with Gasteiger partial charge in [-0.2, -0.15) is 0 Å². The first-order valence-corrected chi connectivity index (χ1v) is 7.31. The van der Waals surface area contributed by atoms with Crippen molar-refractivity contribution < 1.29 is 0 Å². The van der Waals surface area contributed by atoms with Crippen molar-refractivity contribution in [1.82, 2.24) is 4.90 Å². The van der Waals surface area contributed by atoms with E-state index >= 15 is 0 Å². The minimum Gasteiger partial charge on any atom is -0.329 e. The minimum atomic E-state index is 0.276. The highest BCUT2D eigenvalue weighted by Gasteiger charge is 2.46. The molecule has 2 aliphatic rings. The smallest absolute Gasteiger partial charge is 0.0354 e. The van der Waals surface area contributed by atoms with Crippen molar-refractivity contribution in [2.24, 2.45) is 23.0 Å². The van der Waals surface area contributed by atoms with Gasteiger partial charge in [0.05, 0.1) is 0 Å². The molecule has 0 aliphatic heterocycles. The highest BCUT2D eigenvalue weighted by atomic mass is 15.2. The topological polar surface area (TPSA) is 29.3 Å². The summed E-state index contributed by atoms with van der Waals surface area (Å²) in [5.74, 6) is 1.69. The number of rotatable bonds is 4. The molecular weight excluding hydrogens is 208 g/mol. The third-order valence-corrected chi connectivity index (χ3v) is 5.35. The molecule has 2 fully saturated rings. The first-order chi connectivity index (χ1) is 7.89. The highest BCUT2D eigenvalue weighted by Crippen LogP contribution is 2.46. The third kappa shape index (κ3) is 2.68. The molecule has 0 aromatic heterocycles. The monoisotopic (exact) mass is 238 g/mol. The molecule has 2 N–H and O–H groups in total. The Morgan fingerprint density at radius 3 is 2.35 bits per heavy atom. The van der Waals surface area contributed by atoms with Gasteiger partial charge in [-0.3, -0.25) is 4.90 Å². The third-order valence-electron chi connectivity index (χ3n) is 5.35. The summed E-state index contributed by atoms with van der Waals surface area (Å²) in [4.78, 5) is 2.60. The normalized spacial score (nSPS) is 37.4. The fourth-order valence-corrected chi connectivity index (χ4v) is 3.82. The predicted molar refractivity (Wildman–Crippen MR) is 73.9 cm³/mol. The Labute approximate surface area is 107 Å². The van der Waals surface area contributed by atoms with Crippen molar-refractivity contribution in [3.8, 4) is 0 Å². The van der Waals surface area contributed by atoms with Crippen LogP contribution < -0.4 is 5.73 Å². The van der Waals surface area contributed by atoms with Crippen molar-refractivity contribution in [3.63, 3.8) is 0 Å². The SMILES string of the molecule is CC1CC(C)(C)CCC1(CN)N(C)CC1CC1. The Balaban J connectivity index is 2.07. The molecule has 2 aliphatic carbocycles. The van der Waals surface area contributed by atoms with Crippen LogP contribution in [-0.2, 0) is 0 Å². The fraction of sp³-hybridized carbons (Fsp3) is 1.00. The second-order valence-electron chi connectivity index (χ2n) is 7.40. The van der Waals surface area contributed by atoms with Crippen LogP contribution in [0.5, 0.6) is 0 Å². The second-order valence-corrected chi connectivity index (χ2v) is 7.40. The lowest BCUT2D eigenvalue weighted by Crippen LogP contribution is -2.60.